The van der Waals surface area contributed by atoms with Crippen molar-refractivity contribution in [3.8, 4) is 5.75 Å². The van der Waals surface area contributed by atoms with E-state index in [-0.39, 0.29) is 23.8 Å². The van der Waals surface area contributed by atoms with Gasteiger partial charge in [0.05, 0.1) is 12.0 Å². The number of nitrogens with one attached hydrogen (secondary N) is 1. The van der Waals surface area contributed by atoms with Crippen molar-refractivity contribution in [1.82, 2.24) is 4.72 Å². The number of ether oxygens (including phenoxy) is 1. The van der Waals surface area contributed by atoms with Crippen LogP contribution in [0, 0.1) is 0 Å². The summed E-state index contributed by atoms with van der Waals surface area (Å²) in [6.07, 6.45) is 0. The van der Waals surface area contributed by atoms with Crippen LogP contribution in [-0.4, -0.2) is 27.6 Å². The second-order valence-corrected chi connectivity index (χ2v) is 7.16. The zero-order valence-electron chi connectivity index (χ0n) is 12.8. The molecule has 0 atom stereocenters. The van der Waals surface area contributed by atoms with Crippen molar-refractivity contribution in [2.45, 2.75) is 24.3 Å². The standard InChI is InChI=1S/C15H20N2O3S.ClH/c1-15(2,10-16)17-21(18,19)14-9-8-13(20-3)11-6-4-5-7-12(11)14;/h4-9,17H,10,16H2,1-3H3;1H. The van der Waals surface area contributed by atoms with E-state index in [1.807, 2.05) is 12.1 Å². The van der Waals surface area contributed by atoms with Gasteiger partial charge in [0.25, 0.3) is 0 Å². The van der Waals surface area contributed by atoms with Crippen LogP contribution in [0.15, 0.2) is 41.3 Å². The molecule has 0 aliphatic rings. The van der Waals surface area contributed by atoms with E-state index in [1.54, 1.807) is 45.2 Å². The molecule has 2 aromatic rings. The summed E-state index contributed by atoms with van der Waals surface area (Å²) in [7, 11) is -2.11. The number of hydrogen-bond acceptors (Lipinski definition) is 4. The molecule has 7 heteroatoms. The Morgan fingerprint density at radius 3 is 2.27 bits per heavy atom. The molecule has 2 rings (SSSR count). The van der Waals surface area contributed by atoms with Crippen LogP contribution in [0.25, 0.3) is 10.8 Å². The maximum Gasteiger partial charge on any atom is 0.241 e. The number of fused-ring (bicyclic) bond motifs is 1. The van der Waals surface area contributed by atoms with Crippen molar-refractivity contribution in [1.29, 1.82) is 0 Å². The van der Waals surface area contributed by atoms with Gasteiger partial charge in [-0.1, -0.05) is 24.3 Å². The molecule has 0 aromatic heterocycles. The predicted molar refractivity (Wildman–Crippen MR) is 91.2 cm³/mol. The summed E-state index contributed by atoms with van der Waals surface area (Å²) < 4.78 is 33.1. The molecule has 0 radical (unpaired) electrons. The summed E-state index contributed by atoms with van der Waals surface area (Å²) in [6.45, 7) is 3.70. The SMILES string of the molecule is COc1ccc(S(=O)(=O)NC(C)(C)CN)c2ccccc12.Cl. The molecule has 0 spiro atoms. The number of methoxy groups -OCH3 is 1. The molecule has 0 heterocycles. The third-order valence-electron chi connectivity index (χ3n) is 3.27. The lowest BCUT2D eigenvalue weighted by molar-refractivity contribution is 0.419. The third-order valence-corrected chi connectivity index (χ3v) is 5.03. The molecule has 0 bridgehead atoms. The maximum absolute atomic E-state index is 12.6. The highest BCUT2D eigenvalue weighted by atomic mass is 35.5. The maximum atomic E-state index is 12.6. The number of hydrogen-bond donors (Lipinski definition) is 2. The van der Waals surface area contributed by atoms with Crippen LogP contribution in [-0.2, 0) is 10.0 Å². The van der Waals surface area contributed by atoms with Gasteiger partial charge in [0.15, 0.2) is 0 Å². The van der Waals surface area contributed by atoms with E-state index in [1.165, 1.54) is 0 Å². The van der Waals surface area contributed by atoms with Crippen molar-refractivity contribution in [2.75, 3.05) is 13.7 Å². The fourth-order valence-electron chi connectivity index (χ4n) is 2.12. The first-order valence-corrected chi connectivity index (χ1v) is 8.09. The summed E-state index contributed by atoms with van der Waals surface area (Å²) in [5.74, 6) is 0.641. The molecule has 5 nitrogen and oxygen atoms in total. The molecule has 122 valence electrons. The van der Waals surface area contributed by atoms with Crippen LogP contribution < -0.4 is 15.2 Å². The normalized spacial score (nSPS) is 12.0. The Hall–Kier alpha value is -1.34. The van der Waals surface area contributed by atoms with Crippen LogP contribution in [0.2, 0.25) is 0 Å². The molecule has 0 saturated carbocycles. The highest BCUT2D eigenvalue weighted by Crippen LogP contribution is 2.31. The number of nitrogens with two attached hydrogens (primary N) is 1. The van der Waals surface area contributed by atoms with Crippen LogP contribution in [0.1, 0.15) is 13.8 Å². The highest BCUT2D eigenvalue weighted by molar-refractivity contribution is 7.89. The van der Waals surface area contributed by atoms with Gasteiger partial charge < -0.3 is 10.5 Å². The van der Waals surface area contributed by atoms with Gasteiger partial charge in [-0.3, -0.25) is 0 Å². The Balaban J connectivity index is 0.00000242. The van der Waals surface area contributed by atoms with Crippen molar-refractivity contribution in [3.05, 3.63) is 36.4 Å². The largest absolute Gasteiger partial charge is 0.496 e. The van der Waals surface area contributed by atoms with Gasteiger partial charge in [0.2, 0.25) is 10.0 Å². The minimum Gasteiger partial charge on any atom is -0.496 e. The zero-order valence-corrected chi connectivity index (χ0v) is 14.4. The summed E-state index contributed by atoms with van der Waals surface area (Å²) in [6, 6.07) is 10.5. The fourth-order valence-corrected chi connectivity index (χ4v) is 3.75. The molecular weight excluding hydrogens is 324 g/mol. The van der Waals surface area contributed by atoms with Gasteiger partial charge in [-0.15, -0.1) is 12.4 Å². The number of sulfonamides is 1. The minimum atomic E-state index is -3.67. The quantitative estimate of drug-likeness (QED) is 0.871. The summed E-state index contributed by atoms with van der Waals surface area (Å²) in [5, 5.41) is 1.38. The van der Waals surface area contributed by atoms with Gasteiger partial charge in [-0.25, -0.2) is 13.1 Å². The molecular formula is C15H21ClN2O3S. The van der Waals surface area contributed by atoms with E-state index in [0.717, 1.165) is 5.39 Å². The van der Waals surface area contributed by atoms with Crippen molar-refractivity contribution in [2.24, 2.45) is 5.73 Å². The Labute approximate surface area is 137 Å². The van der Waals surface area contributed by atoms with Gasteiger partial charge >= 0.3 is 0 Å². The fraction of sp³-hybridized carbons (Fsp3) is 0.333. The Morgan fingerprint density at radius 2 is 1.73 bits per heavy atom. The average Bonchev–Trinajstić information content (AvgIpc) is 2.45. The number of rotatable bonds is 5. The van der Waals surface area contributed by atoms with Gasteiger partial charge in [-0.2, -0.15) is 0 Å². The summed E-state index contributed by atoms with van der Waals surface area (Å²) in [4.78, 5) is 0.223. The number of benzene rings is 2. The van der Waals surface area contributed by atoms with Crippen LogP contribution >= 0.6 is 12.4 Å². The highest BCUT2D eigenvalue weighted by Gasteiger charge is 2.26. The van der Waals surface area contributed by atoms with Crippen LogP contribution in [0.3, 0.4) is 0 Å². The van der Waals surface area contributed by atoms with Crippen molar-refractivity contribution >= 4 is 33.2 Å². The first kappa shape index (κ1) is 18.7. The minimum absolute atomic E-state index is 0. The molecule has 0 unspecified atom stereocenters. The molecule has 0 amide bonds. The second-order valence-electron chi connectivity index (χ2n) is 5.51. The van der Waals surface area contributed by atoms with E-state index >= 15 is 0 Å². The first-order chi connectivity index (χ1) is 9.80. The van der Waals surface area contributed by atoms with E-state index < -0.39 is 15.6 Å². The molecule has 0 aliphatic carbocycles. The molecule has 2 aromatic carbocycles. The Bertz CT molecular complexity index is 760. The van der Waals surface area contributed by atoms with Crippen molar-refractivity contribution in [3.63, 3.8) is 0 Å². The molecule has 0 aliphatic heterocycles. The van der Waals surface area contributed by atoms with E-state index in [0.29, 0.717) is 11.1 Å². The predicted octanol–water partition coefficient (Wildman–Crippen LogP) is 2.29. The lowest BCUT2D eigenvalue weighted by Gasteiger charge is -2.24. The number of halogens is 1. The lowest BCUT2D eigenvalue weighted by Crippen LogP contribution is -2.48. The molecule has 22 heavy (non-hydrogen) atoms. The molecule has 0 fully saturated rings. The van der Waals surface area contributed by atoms with Crippen molar-refractivity contribution < 1.29 is 13.2 Å². The molecule has 3 N–H and O–H groups in total. The third kappa shape index (κ3) is 3.70. The topological polar surface area (TPSA) is 81.4 Å². The monoisotopic (exact) mass is 344 g/mol. The average molecular weight is 345 g/mol. The first-order valence-electron chi connectivity index (χ1n) is 6.60. The summed E-state index contributed by atoms with van der Waals surface area (Å²) >= 11 is 0. The smallest absolute Gasteiger partial charge is 0.241 e. The van der Waals surface area contributed by atoms with E-state index in [9.17, 15) is 8.42 Å². The summed E-state index contributed by atoms with van der Waals surface area (Å²) in [5.41, 5.74) is 4.89. The van der Waals surface area contributed by atoms with Gasteiger partial charge in [-0.05, 0) is 26.0 Å². The van der Waals surface area contributed by atoms with Crippen LogP contribution in [0.4, 0.5) is 0 Å². The zero-order chi connectivity index (χ0) is 15.7. The molecule has 0 saturated heterocycles. The Kier molecular flexibility index (Phi) is 5.81. The second kappa shape index (κ2) is 6.83. The van der Waals surface area contributed by atoms with Gasteiger partial charge in [0.1, 0.15) is 5.75 Å². The lowest BCUT2D eigenvalue weighted by atomic mass is 10.1. The van der Waals surface area contributed by atoms with E-state index in [2.05, 4.69) is 4.72 Å². The van der Waals surface area contributed by atoms with Crippen LogP contribution in [0.5, 0.6) is 5.75 Å². The van der Waals surface area contributed by atoms with E-state index in [4.69, 9.17) is 10.5 Å². The Morgan fingerprint density at radius 1 is 1.14 bits per heavy atom. The van der Waals surface area contributed by atoms with Gasteiger partial charge in [0, 0.05) is 22.9 Å².